The molecule has 11 aromatic rings. The number of phenols is 5. The molecule has 26 heteroatoms. The van der Waals surface area contributed by atoms with E-state index in [0.717, 1.165) is 91.6 Å². The summed E-state index contributed by atoms with van der Waals surface area (Å²) in [6, 6.07) is 64.7. The van der Waals surface area contributed by atoms with Gasteiger partial charge in [0.25, 0.3) is 11.8 Å². The number of aromatic hydroxyl groups is 5. The molecule has 1 aliphatic heterocycles. The van der Waals surface area contributed by atoms with Crippen molar-refractivity contribution in [2.24, 2.45) is 5.73 Å². The number of ether oxygens (including phenoxy) is 3. The number of hydrogen-bond acceptors (Lipinski definition) is 23. The van der Waals surface area contributed by atoms with Crippen molar-refractivity contribution in [3.8, 4) is 39.9 Å². The fourth-order valence-corrected chi connectivity index (χ4v) is 14.6. The van der Waals surface area contributed by atoms with E-state index in [1.54, 1.807) is 109 Å². The van der Waals surface area contributed by atoms with Gasteiger partial charge in [0, 0.05) is 89.7 Å². The molecule has 0 bridgehead atoms. The van der Waals surface area contributed by atoms with E-state index in [-0.39, 0.29) is 112 Å². The highest BCUT2D eigenvalue weighted by molar-refractivity contribution is 6.14. The van der Waals surface area contributed by atoms with Crippen LogP contribution in [-0.2, 0) is 143 Å². The Bertz CT molecular complexity index is 5980. The first-order valence-corrected chi connectivity index (χ1v) is 41.5. The summed E-state index contributed by atoms with van der Waals surface area (Å²) in [4.78, 5) is 154. The average molecular weight is 1760 g/mol. The number of rotatable bonds is 24. The summed E-state index contributed by atoms with van der Waals surface area (Å²) < 4.78 is 15.7. The van der Waals surface area contributed by atoms with Crippen LogP contribution in [-0.4, -0.2) is 121 Å². The molecule has 3 aliphatic carbocycles. The normalized spacial score (nSPS) is 11.9. The van der Waals surface area contributed by atoms with Crippen molar-refractivity contribution in [2.45, 2.75) is 153 Å². The van der Waals surface area contributed by atoms with Crippen LogP contribution in [0.3, 0.4) is 0 Å². The lowest BCUT2D eigenvalue weighted by Crippen LogP contribution is -2.32. The second kappa shape index (κ2) is 48.4. The smallest absolute Gasteiger partial charge is 0.508 e. The maximum absolute atomic E-state index is 13.3. The molecule has 15 rings (SSSR count). The maximum Gasteiger partial charge on any atom is 0.534 e. The van der Waals surface area contributed by atoms with Crippen molar-refractivity contribution in [1.82, 2.24) is 15.7 Å². The molecule has 674 valence electrons. The number of ketones is 6. The molecular formula is C104H106N4O22. The highest BCUT2D eigenvalue weighted by atomic mass is 16.8. The first kappa shape index (κ1) is 100. The third kappa shape index (κ3) is 28.6. The van der Waals surface area contributed by atoms with Gasteiger partial charge in [-0.15, -0.1) is 0 Å². The molecule has 9 N–H and O–H groups in total. The Hall–Kier alpha value is -15.3. The molecule has 1 heterocycles. The lowest BCUT2D eigenvalue weighted by molar-refractivity contribution is -0.192. The van der Waals surface area contributed by atoms with Crippen molar-refractivity contribution in [2.75, 3.05) is 19.6 Å². The zero-order valence-corrected chi connectivity index (χ0v) is 71.4. The fourth-order valence-electron chi connectivity index (χ4n) is 14.6. The number of imide groups is 1. The molecule has 4 aliphatic rings. The lowest BCUT2D eigenvalue weighted by Gasteiger charge is -2.20. The molecule has 11 aromatic carbocycles. The van der Waals surface area contributed by atoms with Gasteiger partial charge in [-0.3, -0.25) is 43.2 Å². The fraction of sp³-hybridized carbons (Fsp3) is 0.250. The monoisotopic (exact) mass is 1760 g/mol. The first-order valence-electron chi connectivity index (χ1n) is 41.5. The van der Waals surface area contributed by atoms with Crippen molar-refractivity contribution < 1.29 is 107 Å². The molecule has 0 aromatic heterocycles. The first-order chi connectivity index (χ1) is 61.5. The highest BCUT2D eigenvalue weighted by Gasteiger charge is 2.34. The van der Waals surface area contributed by atoms with Crippen molar-refractivity contribution >= 4 is 71.0 Å². The number of carbonyl (C=O) groups excluding carboxylic acids is 13. The number of Topliss-reactive ketones (excluding diaryl/α,β-unsaturated/α-hetero) is 3. The standard InChI is InChI=1S/C35H33NO6.C27H25NO5.C23H19NO7.C8H11NO.C8H10O.CO2.2CH4/c1-3-22-6-10-32(38)30(15-22)31-16-23(7-11-33(31)39)12-13-36-35(41)42-20-25-5-9-27-19-26-8-4-24(14-21(2)37)17-28(26)34(40)29(27)18-25;1-17(29)12-19-2-6-21-15-22-7-3-20(14-25(22)26(31)24(21)13-19)16-33-27(32)28-11-10-18-4-8-23(30)9-5-18;1-13(25)8-14-2-4-16-11-17-5-3-15(10-19(17)22(28)18(16)9-14)12-30-23(29)31-24-20(26)6-7-21(24)27;9-6-5-7-1-3-8(10)4-2-7;1-2-7-3-5-8(9)6-4-7;2-1-3;;/h4-11,15-18,38-39H,3,12-14,19-20H2,1-2H3,(H,36,41);2-9,13-14,30H,10-12,15-16H2,1H3,(H,28,32);2-5,9-10H,6-8,11-12H2,1H3;1-4,10H,5-6,9H2;3-6,9H,2H2,1H3;;2*1H4. The number of carbonyl (C=O) groups is 11. The second-order valence-corrected chi connectivity index (χ2v) is 30.9. The number of nitrogens with zero attached hydrogens (tertiary/aromatic N) is 1. The number of hydrogen-bond donors (Lipinski definition) is 8. The molecule has 130 heavy (non-hydrogen) atoms. The van der Waals surface area contributed by atoms with E-state index < -0.39 is 30.2 Å². The summed E-state index contributed by atoms with van der Waals surface area (Å²) in [5.41, 5.74) is 25.2. The zero-order chi connectivity index (χ0) is 92.1. The van der Waals surface area contributed by atoms with Gasteiger partial charge in [-0.2, -0.15) is 9.59 Å². The molecule has 26 nitrogen and oxygen atoms in total. The molecule has 1 saturated heterocycles. The predicted molar refractivity (Wildman–Crippen MR) is 486 cm³/mol. The SMILES string of the molecule is C.C.CC(=O)Cc1ccc2c(c1)C(=O)c1cc(COC(=O)NCCc3ccc(O)cc3)ccc1C2.CC(=O)Cc1ccc2c(c1)C(=O)c1cc(COC(=O)ON3C(=O)CCC3=O)ccc1C2.CCc1ccc(O)c(-c2cc(CCNC(=O)OCc3ccc4c(c3)C(=O)c3cc(CC(C)=O)ccc3C4)ccc2O)c1.CCc1ccc(O)cc1.NCCc1ccc(O)cc1.O=C=O. The summed E-state index contributed by atoms with van der Waals surface area (Å²) in [6.07, 6.45) is 4.51. The topological polar surface area (TPSA) is 413 Å². The number of amides is 4. The molecule has 4 amide bonds. The van der Waals surface area contributed by atoms with Crippen LogP contribution in [0.1, 0.15) is 205 Å². The minimum absolute atomic E-state index is 0. The summed E-state index contributed by atoms with van der Waals surface area (Å²) >= 11 is 0. The third-order valence-electron chi connectivity index (χ3n) is 21.1. The Morgan fingerprint density at radius 2 is 0.623 bits per heavy atom. The van der Waals surface area contributed by atoms with Crippen LogP contribution in [0.15, 0.2) is 218 Å². The van der Waals surface area contributed by atoms with Crippen LogP contribution in [0.5, 0.6) is 28.7 Å². The van der Waals surface area contributed by atoms with E-state index in [4.69, 9.17) is 39.7 Å². The number of phenolic OH excluding ortho intramolecular Hbond substituents is 5. The van der Waals surface area contributed by atoms with Gasteiger partial charge < -0.3 is 56.1 Å². The van der Waals surface area contributed by atoms with Crippen LogP contribution in [0, 0.1) is 0 Å². The quantitative estimate of drug-likeness (QED) is 0.0158. The maximum atomic E-state index is 13.3. The van der Waals surface area contributed by atoms with Crippen LogP contribution >= 0.6 is 0 Å². The number of nitrogens with one attached hydrogen (secondary N) is 2. The van der Waals surface area contributed by atoms with Gasteiger partial charge in [-0.05, 0) is 270 Å². The summed E-state index contributed by atoms with van der Waals surface area (Å²) in [5, 5.41) is 53.7. The van der Waals surface area contributed by atoms with Crippen LogP contribution in [0.2, 0.25) is 0 Å². The Morgan fingerprint density at radius 3 is 0.954 bits per heavy atom. The molecule has 1 fully saturated rings. The van der Waals surface area contributed by atoms with Gasteiger partial charge in [0.1, 0.15) is 65.9 Å². The van der Waals surface area contributed by atoms with E-state index in [1.807, 2.05) is 116 Å². The average Bonchev–Trinajstić information content (AvgIpc) is 0.811. The Kier molecular flexibility index (Phi) is 37.3. The van der Waals surface area contributed by atoms with Crippen molar-refractivity contribution in [1.29, 1.82) is 0 Å². The van der Waals surface area contributed by atoms with Crippen LogP contribution in [0.25, 0.3) is 11.1 Å². The number of nitrogens with two attached hydrogens (primary N) is 1. The van der Waals surface area contributed by atoms with Gasteiger partial charge in [0.15, 0.2) is 17.3 Å². The summed E-state index contributed by atoms with van der Waals surface area (Å²) in [7, 11) is 0. The highest BCUT2D eigenvalue weighted by Crippen LogP contribution is 2.38. The number of hydroxylamine groups is 2. The van der Waals surface area contributed by atoms with Crippen molar-refractivity contribution in [3.05, 3.63) is 346 Å². The molecule has 0 radical (unpaired) electrons. The Morgan fingerprint density at radius 1 is 0.354 bits per heavy atom. The molecule has 0 saturated carbocycles. The molecular weight excluding hydrogens is 1660 g/mol. The van der Waals surface area contributed by atoms with E-state index in [9.17, 15) is 68.1 Å². The summed E-state index contributed by atoms with van der Waals surface area (Å²) in [6.45, 7) is 9.94. The molecule has 0 unspecified atom stereocenters. The van der Waals surface area contributed by atoms with Gasteiger partial charge >= 0.3 is 24.5 Å². The Labute approximate surface area is 754 Å². The summed E-state index contributed by atoms with van der Waals surface area (Å²) in [5.74, 6) is -0.378. The van der Waals surface area contributed by atoms with Gasteiger partial charge in [-0.1, -0.05) is 155 Å². The van der Waals surface area contributed by atoms with Crippen LogP contribution < -0.4 is 16.4 Å². The number of aryl methyl sites for hydroxylation is 2. The van der Waals surface area contributed by atoms with Crippen molar-refractivity contribution in [3.63, 3.8) is 0 Å². The van der Waals surface area contributed by atoms with E-state index in [1.165, 1.54) is 31.9 Å². The Balaban J connectivity index is 0.000000215. The third-order valence-corrected chi connectivity index (χ3v) is 21.1. The number of fused-ring (bicyclic) bond motifs is 6. The van der Waals surface area contributed by atoms with E-state index >= 15 is 0 Å². The molecule has 0 spiro atoms. The van der Waals surface area contributed by atoms with Gasteiger partial charge in [0.05, 0.1) is 0 Å². The zero-order valence-electron chi connectivity index (χ0n) is 71.4. The minimum Gasteiger partial charge on any atom is -0.508 e. The number of alkyl carbamates (subject to hydrolysis) is 2. The van der Waals surface area contributed by atoms with E-state index in [0.29, 0.717) is 137 Å². The van der Waals surface area contributed by atoms with Crippen LogP contribution in [0.4, 0.5) is 14.4 Å². The van der Waals surface area contributed by atoms with E-state index in [2.05, 4.69) is 22.4 Å². The van der Waals surface area contributed by atoms with Gasteiger partial charge in [-0.25, -0.2) is 14.4 Å². The second-order valence-electron chi connectivity index (χ2n) is 30.9. The van der Waals surface area contributed by atoms with Gasteiger partial charge in [0.2, 0.25) is 0 Å². The largest absolute Gasteiger partial charge is 0.534 e. The molecule has 0 atom stereocenters. The number of benzene rings is 11. The minimum atomic E-state index is -1.17. The predicted octanol–water partition coefficient (Wildman–Crippen LogP) is 16.4. The lowest BCUT2D eigenvalue weighted by atomic mass is 9.83.